The molecule has 0 heterocycles. The van der Waals surface area contributed by atoms with Crippen molar-refractivity contribution in [3.05, 3.63) is 95.1 Å². The van der Waals surface area contributed by atoms with Gasteiger partial charge >= 0.3 is 12.2 Å². The lowest BCUT2D eigenvalue weighted by Crippen LogP contribution is -2.24. The molecule has 206 valence electrons. The second-order valence-corrected chi connectivity index (χ2v) is 9.68. The molecule has 0 amide bonds. The number of hydrogen-bond donors (Lipinski definition) is 0. The Balaban J connectivity index is 1.50. The van der Waals surface area contributed by atoms with Crippen LogP contribution in [0.25, 0.3) is 0 Å². The van der Waals surface area contributed by atoms with Gasteiger partial charge in [0.05, 0.1) is 11.1 Å². The minimum atomic E-state index is -3.68. The quantitative estimate of drug-likeness (QED) is 0.135. The molecule has 3 rings (SSSR count). The number of aryl methyl sites for hydroxylation is 2. The van der Waals surface area contributed by atoms with Crippen LogP contribution in [-0.4, -0.2) is 0 Å². The van der Waals surface area contributed by atoms with E-state index >= 15 is 0 Å². The maximum absolute atomic E-state index is 14.7. The molecule has 0 saturated carbocycles. The Kier molecular flexibility index (Phi) is 11.1. The van der Waals surface area contributed by atoms with Crippen LogP contribution < -0.4 is 9.47 Å². The van der Waals surface area contributed by atoms with Crippen LogP contribution in [0.1, 0.15) is 87.5 Å². The molecule has 0 radical (unpaired) electrons. The summed E-state index contributed by atoms with van der Waals surface area (Å²) in [4.78, 5) is 0. The van der Waals surface area contributed by atoms with E-state index in [-0.39, 0.29) is 11.5 Å². The Labute approximate surface area is 224 Å². The van der Waals surface area contributed by atoms with Gasteiger partial charge < -0.3 is 9.47 Å². The van der Waals surface area contributed by atoms with Crippen LogP contribution in [0.4, 0.5) is 17.6 Å². The number of hydrogen-bond acceptors (Lipinski definition) is 2. The second-order valence-electron chi connectivity index (χ2n) is 9.68. The third kappa shape index (κ3) is 9.07. The first kappa shape index (κ1) is 29.5. The van der Waals surface area contributed by atoms with E-state index < -0.39 is 23.3 Å². The molecule has 0 aliphatic carbocycles. The summed E-state index contributed by atoms with van der Waals surface area (Å²) in [6.45, 7) is 4.17. The van der Waals surface area contributed by atoms with Crippen molar-refractivity contribution < 1.29 is 27.0 Å². The zero-order valence-corrected chi connectivity index (χ0v) is 22.3. The fraction of sp³-hybridized carbons (Fsp3) is 0.438. The number of rotatable bonds is 16. The van der Waals surface area contributed by atoms with Crippen LogP contribution in [0.5, 0.6) is 11.5 Å². The zero-order chi connectivity index (χ0) is 27.4. The molecule has 0 aromatic heterocycles. The van der Waals surface area contributed by atoms with Gasteiger partial charge in [0.25, 0.3) is 0 Å². The molecule has 2 nitrogen and oxygen atoms in total. The number of alkyl halides is 4. The lowest BCUT2D eigenvalue weighted by Gasteiger charge is -2.21. The van der Waals surface area contributed by atoms with Crippen LogP contribution in [0.15, 0.2) is 72.8 Å². The molecule has 0 spiro atoms. The summed E-state index contributed by atoms with van der Waals surface area (Å²) in [5, 5.41) is 0. The number of benzene rings is 3. The largest absolute Gasteiger partial charge is 0.429 e. The van der Waals surface area contributed by atoms with Crippen molar-refractivity contribution >= 4 is 0 Å². The molecule has 0 atom stereocenters. The van der Waals surface area contributed by atoms with Gasteiger partial charge in [-0.2, -0.15) is 17.6 Å². The van der Waals surface area contributed by atoms with Crippen LogP contribution in [0.2, 0.25) is 0 Å². The van der Waals surface area contributed by atoms with Crippen molar-refractivity contribution in [3.8, 4) is 11.5 Å². The first-order chi connectivity index (χ1) is 18.2. The molecule has 0 bridgehead atoms. The van der Waals surface area contributed by atoms with Crippen molar-refractivity contribution in [2.45, 2.75) is 90.3 Å². The smallest absolute Gasteiger partial charge is 0.426 e. The lowest BCUT2D eigenvalue weighted by atomic mass is 10.0. The molecule has 0 saturated heterocycles. The predicted octanol–water partition coefficient (Wildman–Crippen LogP) is 10.2. The van der Waals surface area contributed by atoms with E-state index in [0.717, 1.165) is 61.1 Å². The van der Waals surface area contributed by atoms with Gasteiger partial charge in [-0.25, -0.2) is 0 Å². The molecule has 3 aromatic carbocycles. The van der Waals surface area contributed by atoms with Gasteiger partial charge in [0.2, 0.25) is 0 Å². The third-order valence-corrected chi connectivity index (χ3v) is 6.62. The first-order valence-corrected chi connectivity index (χ1v) is 13.7. The normalized spacial score (nSPS) is 11.9. The average Bonchev–Trinajstić information content (AvgIpc) is 2.91. The minimum Gasteiger partial charge on any atom is -0.429 e. The summed E-state index contributed by atoms with van der Waals surface area (Å²) in [6, 6.07) is 16.7. The summed E-state index contributed by atoms with van der Waals surface area (Å²) in [6.07, 6.45) is 4.19. The van der Waals surface area contributed by atoms with Gasteiger partial charge in [-0.05, 0) is 78.9 Å². The Morgan fingerprint density at radius 2 is 0.895 bits per heavy atom. The predicted molar refractivity (Wildman–Crippen MR) is 144 cm³/mol. The fourth-order valence-electron chi connectivity index (χ4n) is 4.25. The van der Waals surface area contributed by atoms with Crippen molar-refractivity contribution in [2.75, 3.05) is 0 Å². The maximum atomic E-state index is 14.7. The Morgan fingerprint density at radius 3 is 1.32 bits per heavy atom. The molecule has 6 heteroatoms. The van der Waals surface area contributed by atoms with E-state index in [2.05, 4.69) is 6.92 Å². The van der Waals surface area contributed by atoms with Crippen molar-refractivity contribution in [2.24, 2.45) is 0 Å². The molecular formula is C32H38F4O2. The van der Waals surface area contributed by atoms with Gasteiger partial charge in [0.1, 0.15) is 11.5 Å². The fourth-order valence-corrected chi connectivity index (χ4v) is 4.25. The summed E-state index contributed by atoms with van der Waals surface area (Å²) in [7, 11) is 0. The van der Waals surface area contributed by atoms with E-state index in [4.69, 9.17) is 9.47 Å². The number of ether oxygens (including phenoxy) is 2. The van der Waals surface area contributed by atoms with Crippen LogP contribution >= 0.6 is 0 Å². The topological polar surface area (TPSA) is 18.5 Å². The first-order valence-electron chi connectivity index (χ1n) is 13.7. The molecule has 0 aliphatic rings. The van der Waals surface area contributed by atoms with E-state index in [1.165, 1.54) is 62.8 Å². The van der Waals surface area contributed by atoms with Crippen LogP contribution in [0, 0.1) is 0 Å². The SMILES string of the molecule is CCCCCCCCCCc1ccc(OC(F)(F)c2ccc(C(F)(F)Oc3ccc(CC)cc3)cc2)cc1. The van der Waals surface area contributed by atoms with Gasteiger partial charge in [0.15, 0.2) is 0 Å². The highest BCUT2D eigenvalue weighted by Gasteiger charge is 2.38. The van der Waals surface area contributed by atoms with Crippen molar-refractivity contribution in [1.29, 1.82) is 0 Å². The second kappa shape index (κ2) is 14.2. The van der Waals surface area contributed by atoms with E-state index in [9.17, 15) is 17.6 Å². The molecule has 3 aromatic rings. The Hall–Kier alpha value is -3.02. The monoisotopic (exact) mass is 530 g/mol. The Morgan fingerprint density at radius 1 is 0.500 bits per heavy atom. The highest BCUT2D eigenvalue weighted by molar-refractivity contribution is 5.32. The van der Waals surface area contributed by atoms with Crippen LogP contribution in [0.3, 0.4) is 0 Å². The molecule has 0 fully saturated rings. The summed E-state index contributed by atoms with van der Waals surface area (Å²) in [5.41, 5.74) is 1.02. The lowest BCUT2D eigenvalue weighted by molar-refractivity contribution is -0.188. The summed E-state index contributed by atoms with van der Waals surface area (Å²) in [5.74, 6) is 0.0127. The molecule has 38 heavy (non-hydrogen) atoms. The van der Waals surface area contributed by atoms with E-state index in [0.29, 0.717) is 0 Å². The van der Waals surface area contributed by atoms with E-state index in [1.807, 2.05) is 6.92 Å². The van der Waals surface area contributed by atoms with E-state index in [1.54, 1.807) is 24.3 Å². The minimum absolute atomic E-state index is 0.00389. The van der Waals surface area contributed by atoms with Crippen molar-refractivity contribution in [3.63, 3.8) is 0 Å². The van der Waals surface area contributed by atoms with Crippen molar-refractivity contribution in [1.82, 2.24) is 0 Å². The average molecular weight is 531 g/mol. The molecular weight excluding hydrogens is 492 g/mol. The Bertz CT molecular complexity index is 1080. The standard InChI is InChI=1S/C32H38F4O2/c1-3-5-6-7-8-9-10-11-12-26-15-23-30(24-16-26)38-32(35,36)28-19-17-27(18-20-28)31(33,34)37-29-21-13-25(4-2)14-22-29/h13-24H,3-12H2,1-2H3. The molecule has 0 unspecified atom stereocenters. The summed E-state index contributed by atoms with van der Waals surface area (Å²) < 4.78 is 68.4. The van der Waals surface area contributed by atoms with Gasteiger partial charge in [-0.15, -0.1) is 0 Å². The maximum Gasteiger partial charge on any atom is 0.426 e. The van der Waals surface area contributed by atoms with Gasteiger partial charge in [-0.1, -0.05) is 83.1 Å². The highest BCUT2D eigenvalue weighted by atomic mass is 19.3. The van der Waals surface area contributed by atoms with Gasteiger partial charge in [0, 0.05) is 0 Å². The third-order valence-electron chi connectivity index (χ3n) is 6.62. The zero-order valence-electron chi connectivity index (χ0n) is 22.3. The highest BCUT2D eigenvalue weighted by Crippen LogP contribution is 2.35. The molecule has 0 N–H and O–H groups in total. The summed E-state index contributed by atoms with van der Waals surface area (Å²) >= 11 is 0. The number of halogens is 4. The molecule has 0 aliphatic heterocycles. The van der Waals surface area contributed by atoms with Gasteiger partial charge in [-0.3, -0.25) is 0 Å². The number of unbranched alkanes of at least 4 members (excludes halogenated alkanes) is 7. The van der Waals surface area contributed by atoms with Crippen LogP contribution in [-0.2, 0) is 25.1 Å².